The number of methoxy groups -OCH3 is 2. The Balaban J connectivity index is 2.75. The quantitative estimate of drug-likeness (QED) is 0.868. The Morgan fingerprint density at radius 1 is 1.32 bits per heavy atom. The molecule has 1 aromatic carbocycles. The van der Waals surface area contributed by atoms with Crippen molar-refractivity contribution >= 4 is 34.9 Å². The number of ether oxygens (including phenoxy) is 2. The summed E-state index contributed by atoms with van der Waals surface area (Å²) >= 11 is 12.3. The molecule has 0 unspecified atom stereocenters. The zero-order chi connectivity index (χ0) is 16.4. The van der Waals surface area contributed by atoms with E-state index in [2.05, 4.69) is 0 Å². The Kier molecular flexibility index (Phi) is 4.50. The number of nitrogens with two attached hydrogens (primary N) is 1. The highest BCUT2D eigenvalue weighted by Gasteiger charge is 2.23. The van der Waals surface area contributed by atoms with E-state index in [1.807, 2.05) is 6.07 Å². The van der Waals surface area contributed by atoms with E-state index in [0.29, 0.717) is 16.5 Å². The number of nitriles is 1. The number of rotatable bonds is 3. The summed E-state index contributed by atoms with van der Waals surface area (Å²) in [5.74, 6) is -0.308. The van der Waals surface area contributed by atoms with Gasteiger partial charge in [-0.3, -0.25) is 0 Å². The monoisotopic (exact) mass is 339 g/mol. The Morgan fingerprint density at radius 3 is 2.55 bits per heavy atom. The van der Waals surface area contributed by atoms with Crippen LogP contribution >= 0.6 is 23.2 Å². The summed E-state index contributed by atoms with van der Waals surface area (Å²) in [5.41, 5.74) is 6.35. The topological polar surface area (TPSA) is 90.3 Å². The van der Waals surface area contributed by atoms with Crippen molar-refractivity contribution in [1.29, 1.82) is 5.26 Å². The van der Waals surface area contributed by atoms with Gasteiger partial charge in [0.25, 0.3) is 0 Å². The molecule has 0 saturated carbocycles. The predicted octanol–water partition coefficient (Wildman–Crippen LogP) is 3.03. The maximum Gasteiger partial charge on any atom is 0.357 e. The molecule has 0 bridgehead atoms. The molecular weight excluding hydrogens is 329 g/mol. The lowest BCUT2D eigenvalue weighted by Gasteiger charge is -2.12. The molecule has 0 saturated heterocycles. The van der Waals surface area contributed by atoms with Crippen LogP contribution in [0.25, 0.3) is 5.69 Å². The third kappa shape index (κ3) is 2.56. The molecule has 22 heavy (non-hydrogen) atoms. The average Bonchev–Trinajstić information content (AvgIpc) is 2.84. The minimum Gasteiger partial charge on any atom is -0.495 e. The maximum absolute atomic E-state index is 11.9. The van der Waals surface area contributed by atoms with E-state index in [9.17, 15) is 4.79 Å². The van der Waals surface area contributed by atoms with Crippen LogP contribution in [0, 0.1) is 11.3 Å². The lowest BCUT2D eigenvalue weighted by molar-refractivity contribution is 0.0593. The highest BCUT2D eigenvalue weighted by Crippen LogP contribution is 2.35. The zero-order valence-corrected chi connectivity index (χ0v) is 13.2. The number of esters is 1. The van der Waals surface area contributed by atoms with Gasteiger partial charge in [-0.1, -0.05) is 23.2 Å². The first-order valence-corrected chi connectivity index (χ1v) is 6.72. The molecule has 2 aromatic rings. The summed E-state index contributed by atoms with van der Waals surface area (Å²) in [7, 11) is 2.67. The Labute approximate surface area is 136 Å². The molecule has 0 aliphatic carbocycles. The van der Waals surface area contributed by atoms with Crippen molar-refractivity contribution < 1.29 is 14.3 Å². The van der Waals surface area contributed by atoms with Crippen LogP contribution in [-0.2, 0) is 4.74 Å². The lowest BCUT2D eigenvalue weighted by Crippen LogP contribution is -2.11. The number of anilines is 1. The Morgan fingerprint density at radius 2 is 2.00 bits per heavy atom. The number of nitrogen functional groups attached to an aromatic ring is 1. The molecule has 0 atom stereocenters. The molecule has 8 heteroatoms. The predicted molar refractivity (Wildman–Crippen MR) is 82.8 cm³/mol. The van der Waals surface area contributed by atoms with Crippen molar-refractivity contribution in [1.82, 2.24) is 4.57 Å². The molecule has 2 rings (SSSR count). The zero-order valence-electron chi connectivity index (χ0n) is 11.7. The van der Waals surface area contributed by atoms with Gasteiger partial charge in [0.2, 0.25) is 0 Å². The molecule has 0 aliphatic heterocycles. The summed E-state index contributed by atoms with van der Waals surface area (Å²) in [5, 5.41) is 9.65. The molecule has 0 radical (unpaired) electrons. The van der Waals surface area contributed by atoms with E-state index < -0.39 is 5.97 Å². The maximum atomic E-state index is 11.9. The van der Waals surface area contributed by atoms with Crippen LogP contribution in [0.15, 0.2) is 18.3 Å². The summed E-state index contributed by atoms with van der Waals surface area (Å²) in [6, 6.07) is 4.92. The van der Waals surface area contributed by atoms with E-state index in [1.54, 1.807) is 0 Å². The number of carbonyl (C=O) groups is 1. The van der Waals surface area contributed by atoms with Gasteiger partial charge in [0, 0.05) is 12.3 Å². The Bertz CT molecular complexity index is 794. The summed E-state index contributed by atoms with van der Waals surface area (Å²) in [6.45, 7) is 0. The molecule has 0 amide bonds. The van der Waals surface area contributed by atoms with E-state index in [0.717, 1.165) is 0 Å². The van der Waals surface area contributed by atoms with Gasteiger partial charge in [0.15, 0.2) is 5.69 Å². The number of carbonyl (C=O) groups excluding carboxylic acids is 1. The van der Waals surface area contributed by atoms with Crippen LogP contribution in [-0.4, -0.2) is 24.8 Å². The van der Waals surface area contributed by atoms with Crippen LogP contribution in [0.2, 0.25) is 10.0 Å². The first-order valence-electron chi connectivity index (χ1n) is 5.97. The van der Waals surface area contributed by atoms with E-state index in [-0.39, 0.29) is 22.0 Å². The molecule has 0 spiro atoms. The van der Waals surface area contributed by atoms with E-state index in [4.69, 9.17) is 43.7 Å². The van der Waals surface area contributed by atoms with Crippen molar-refractivity contribution in [3.05, 3.63) is 39.6 Å². The van der Waals surface area contributed by atoms with E-state index >= 15 is 0 Å². The highest BCUT2D eigenvalue weighted by molar-refractivity contribution is 6.35. The van der Waals surface area contributed by atoms with Gasteiger partial charge >= 0.3 is 5.97 Å². The number of benzene rings is 1. The van der Waals surface area contributed by atoms with Crippen LogP contribution in [0.4, 0.5) is 5.69 Å². The van der Waals surface area contributed by atoms with Gasteiger partial charge in [0.05, 0.1) is 41.2 Å². The third-order valence-electron chi connectivity index (χ3n) is 3.02. The van der Waals surface area contributed by atoms with Crippen molar-refractivity contribution in [2.45, 2.75) is 0 Å². The van der Waals surface area contributed by atoms with Gasteiger partial charge in [0.1, 0.15) is 11.8 Å². The second kappa shape index (κ2) is 6.18. The molecular formula is C14H11Cl2N3O3. The lowest BCUT2D eigenvalue weighted by atomic mass is 10.2. The Hall–Kier alpha value is -2.36. The minimum absolute atomic E-state index is 0.00202. The van der Waals surface area contributed by atoms with Crippen molar-refractivity contribution in [3.8, 4) is 17.5 Å². The number of aromatic nitrogens is 1. The van der Waals surface area contributed by atoms with Gasteiger partial charge in [-0.15, -0.1) is 0 Å². The fraction of sp³-hybridized carbons (Fsp3) is 0.143. The van der Waals surface area contributed by atoms with Crippen LogP contribution in [0.5, 0.6) is 5.75 Å². The van der Waals surface area contributed by atoms with Gasteiger partial charge in [-0.25, -0.2) is 4.79 Å². The summed E-state index contributed by atoms with van der Waals surface area (Å²) in [6.07, 6.45) is 1.39. The normalized spacial score (nSPS) is 10.1. The number of halogens is 2. The number of hydrogen-bond acceptors (Lipinski definition) is 5. The summed E-state index contributed by atoms with van der Waals surface area (Å²) < 4.78 is 11.1. The number of nitrogens with zero attached hydrogens (tertiary/aromatic N) is 2. The largest absolute Gasteiger partial charge is 0.495 e. The molecule has 0 aliphatic rings. The van der Waals surface area contributed by atoms with E-state index in [1.165, 1.54) is 37.1 Å². The smallest absolute Gasteiger partial charge is 0.357 e. The summed E-state index contributed by atoms with van der Waals surface area (Å²) in [4.78, 5) is 11.9. The molecule has 114 valence electrons. The van der Waals surface area contributed by atoms with Crippen molar-refractivity contribution in [2.24, 2.45) is 0 Å². The average molecular weight is 340 g/mol. The fourth-order valence-electron chi connectivity index (χ4n) is 1.96. The van der Waals surface area contributed by atoms with Gasteiger partial charge < -0.3 is 19.8 Å². The van der Waals surface area contributed by atoms with Crippen LogP contribution in [0.3, 0.4) is 0 Å². The molecule has 1 heterocycles. The minimum atomic E-state index is -0.693. The highest BCUT2D eigenvalue weighted by atomic mass is 35.5. The first-order chi connectivity index (χ1) is 10.4. The molecule has 2 N–H and O–H groups in total. The molecule has 6 nitrogen and oxygen atoms in total. The standard InChI is InChI=1S/C14H11Cl2N3O3/c1-21-11-4-8(15)10(3-9(11)16)19-6-7(5-17)12(18)13(19)14(20)22-2/h3-4,6H,18H2,1-2H3. The second-order valence-electron chi connectivity index (χ2n) is 4.22. The SMILES string of the molecule is COC(=O)c1c(N)c(C#N)cn1-c1cc(Cl)c(OC)cc1Cl. The van der Waals surface area contributed by atoms with Crippen LogP contribution < -0.4 is 10.5 Å². The van der Waals surface area contributed by atoms with Crippen molar-refractivity contribution in [2.75, 3.05) is 20.0 Å². The first kappa shape index (κ1) is 16.0. The fourth-order valence-corrected chi connectivity index (χ4v) is 2.44. The number of hydrogen-bond donors (Lipinski definition) is 1. The molecule has 1 aromatic heterocycles. The third-order valence-corrected chi connectivity index (χ3v) is 3.62. The van der Waals surface area contributed by atoms with Gasteiger partial charge in [-0.2, -0.15) is 5.26 Å². The van der Waals surface area contributed by atoms with Gasteiger partial charge in [-0.05, 0) is 6.07 Å². The van der Waals surface area contributed by atoms with Crippen LogP contribution in [0.1, 0.15) is 16.1 Å². The molecule has 0 fully saturated rings. The van der Waals surface area contributed by atoms with Crippen molar-refractivity contribution in [3.63, 3.8) is 0 Å². The second-order valence-corrected chi connectivity index (χ2v) is 5.03.